The molecule has 0 aliphatic heterocycles. The Morgan fingerprint density at radius 2 is 1.63 bits per heavy atom. The van der Waals surface area contributed by atoms with Gasteiger partial charge >= 0.3 is 0 Å². The highest BCUT2D eigenvalue weighted by Gasteiger charge is 2.05. The second-order valence-corrected chi connectivity index (χ2v) is 4.25. The SMILES string of the molecule is [O-][n+]1cc(C=Cc2ccccc2)c2ccccc2n1. The van der Waals surface area contributed by atoms with Crippen LogP contribution >= 0.6 is 0 Å². The first-order chi connectivity index (χ1) is 9.33. The van der Waals surface area contributed by atoms with E-state index in [1.165, 1.54) is 6.20 Å². The Morgan fingerprint density at radius 1 is 0.895 bits per heavy atom. The number of hydrogen-bond donors (Lipinski definition) is 0. The van der Waals surface area contributed by atoms with Crippen LogP contribution in [-0.2, 0) is 0 Å². The first-order valence-corrected chi connectivity index (χ1v) is 6.05. The van der Waals surface area contributed by atoms with Crippen molar-refractivity contribution in [3.8, 4) is 0 Å². The van der Waals surface area contributed by atoms with Crippen molar-refractivity contribution in [1.29, 1.82) is 0 Å². The molecule has 0 radical (unpaired) electrons. The minimum atomic E-state index is 0.604. The zero-order chi connectivity index (χ0) is 13.1. The van der Waals surface area contributed by atoms with Crippen LogP contribution in [0.25, 0.3) is 23.1 Å². The third-order valence-corrected chi connectivity index (χ3v) is 2.93. The number of fused-ring (bicyclic) bond motifs is 1. The molecule has 92 valence electrons. The average Bonchev–Trinajstić information content (AvgIpc) is 2.45. The van der Waals surface area contributed by atoms with Crippen LogP contribution in [0.2, 0.25) is 0 Å². The van der Waals surface area contributed by atoms with Gasteiger partial charge in [-0.05, 0) is 17.7 Å². The van der Waals surface area contributed by atoms with E-state index in [9.17, 15) is 5.21 Å². The van der Waals surface area contributed by atoms with Crippen LogP contribution in [-0.4, -0.2) is 5.10 Å². The highest BCUT2D eigenvalue weighted by Crippen LogP contribution is 2.17. The van der Waals surface area contributed by atoms with Crippen LogP contribution < -0.4 is 4.85 Å². The largest absolute Gasteiger partial charge is 0.594 e. The van der Waals surface area contributed by atoms with Crippen molar-refractivity contribution < 1.29 is 4.85 Å². The summed E-state index contributed by atoms with van der Waals surface area (Å²) < 4.78 is 0. The molecule has 0 bridgehead atoms. The van der Waals surface area contributed by atoms with Crippen molar-refractivity contribution in [3.63, 3.8) is 0 Å². The maximum Gasteiger partial charge on any atom is 0.217 e. The Morgan fingerprint density at radius 3 is 2.47 bits per heavy atom. The fourth-order valence-electron chi connectivity index (χ4n) is 2.01. The lowest BCUT2D eigenvalue weighted by Gasteiger charge is -2.00. The minimum Gasteiger partial charge on any atom is -0.594 e. The van der Waals surface area contributed by atoms with Gasteiger partial charge in [0.2, 0.25) is 6.20 Å². The normalized spacial score (nSPS) is 11.2. The Balaban J connectivity index is 2.08. The lowest BCUT2D eigenvalue weighted by atomic mass is 10.1. The van der Waals surface area contributed by atoms with E-state index >= 15 is 0 Å². The predicted octanol–water partition coefficient (Wildman–Crippen LogP) is 3.04. The van der Waals surface area contributed by atoms with Gasteiger partial charge in [-0.15, -0.1) is 0 Å². The fraction of sp³-hybridized carbons (Fsp3) is 0. The smallest absolute Gasteiger partial charge is 0.217 e. The zero-order valence-electron chi connectivity index (χ0n) is 10.2. The van der Waals surface area contributed by atoms with Gasteiger partial charge in [0.25, 0.3) is 0 Å². The summed E-state index contributed by atoms with van der Waals surface area (Å²) >= 11 is 0. The Labute approximate surface area is 111 Å². The minimum absolute atomic E-state index is 0.604. The summed E-state index contributed by atoms with van der Waals surface area (Å²) in [5.74, 6) is 0. The molecule has 0 amide bonds. The summed E-state index contributed by atoms with van der Waals surface area (Å²) in [6.45, 7) is 0. The summed E-state index contributed by atoms with van der Waals surface area (Å²) in [7, 11) is 0. The van der Waals surface area contributed by atoms with E-state index in [2.05, 4.69) is 5.10 Å². The second kappa shape index (κ2) is 4.90. The molecule has 0 aliphatic rings. The van der Waals surface area contributed by atoms with Gasteiger partial charge in [0.05, 0.1) is 5.56 Å². The Hall–Kier alpha value is -2.68. The maximum absolute atomic E-state index is 11.5. The van der Waals surface area contributed by atoms with Gasteiger partial charge in [-0.25, -0.2) is 0 Å². The third kappa shape index (κ3) is 2.45. The number of benzene rings is 2. The van der Waals surface area contributed by atoms with E-state index in [4.69, 9.17) is 0 Å². The van der Waals surface area contributed by atoms with Crippen LogP contribution in [0.5, 0.6) is 0 Å². The van der Waals surface area contributed by atoms with E-state index in [0.29, 0.717) is 10.4 Å². The Bertz CT molecular complexity index is 736. The van der Waals surface area contributed by atoms with E-state index < -0.39 is 0 Å². The van der Waals surface area contributed by atoms with Crippen molar-refractivity contribution in [1.82, 2.24) is 5.10 Å². The van der Waals surface area contributed by atoms with Crippen molar-refractivity contribution in [3.05, 3.63) is 77.1 Å². The van der Waals surface area contributed by atoms with Crippen molar-refractivity contribution in [2.45, 2.75) is 0 Å². The molecule has 0 fully saturated rings. The summed E-state index contributed by atoms with van der Waals surface area (Å²) in [5.41, 5.74) is 2.66. The Kier molecular flexibility index (Phi) is 2.94. The van der Waals surface area contributed by atoms with E-state index in [1.54, 1.807) is 0 Å². The van der Waals surface area contributed by atoms with Gasteiger partial charge in [-0.2, -0.15) is 0 Å². The van der Waals surface area contributed by atoms with Crippen molar-refractivity contribution in [2.75, 3.05) is 0 Å². The molecule has 3 rings (SSSR count). The number of aromatic nitrogens is 2. The molecule has 0 saturated heterocycles. The number of hydrogen-bond acceptors (Lipinski definition) is 2. The average molecular weight is 248 g/mol. The van der Waals surface area contributed by atoms with Gasteiger partial charge in [-0.3, -0.25) is 0 Å². The lowest BCUT2D eigenvalue weighted by Crippen LogP contribution is -2.30. The topological polar surface area (TPSA) is 39.8 Å². The second-order valence-electron chi connectivity index (χ2n) is 4.25. The molecule has 1 aromatic heterocycles. The first kappa shape index (κ1) is 11.4. The van der Waals surface area contributed by atoms with Crippen molar-refractivity contribution >= 4 is 23.1 Å². The quantitative estimate of drug-likeness (QED) is 0.516. The molecular formula is C16H12N2O. The molecule has 0 atom stereocenters. The highest BCUT2D eigenvalue weighted by molar-refractivity contribution is 5.89. The van der Waals surface area contributed by atoms with Gasteiger partial charge in [-0.1, -0.05) is 59.5 Å². The molecule has 0 unspecified atom stereocenters. The van der Waals surface area contributed by atoms with Gasteiger partial charge in [0.1, 0.15) is 5.52 Å². The van der Waals surface area contributed by atoms with Crippen LogP contribution in [0.4, 0.5) is 0 Å². The highest BCUT2D eigenvalue weighted by atomic mass is 16.5. The first-order valence-electron chi connectivity index (χ1n) is 6.05. The molecule has 0 saturated carbocycles. The van der Waals surface area contributed by atoms with Crippen molar-refractivity contribution in [2.24, 2.45) is 0 Å². The molecule has 1 heterocycles. The number of nitrogens with zero attached hydrogens (tertiary/aromatic N) is 2. The van der Waals surface area contributed by atoms with Crippen LogP contribution in [0.3, 0.4) is 0 Å². The summed E-state index contributed by atoms with van der Waals surface area (Å²) in [4.78, 5) is 0.604. The molecule has 3 nitrogen and oxygen atoms in total. The van der Waals surface area contributed by atoms with Gasteiger partial charge in [0, 0.05) is 10.5 Å². The van der Waals surface area contributed by atoms with E-state index in [0.717, 1.165) is 16.5 Å². The molecular weight excluding hydrogens is 236 g/mol. The number of rotatable bonds is 2. The molecule has 2 aromatic carbocycles. The molecule has 3 aromatic rings. The molecule has 3 heteroatoms. The fourth-order valence-corrected chi connectivity index (χ4v) is 2.01. The molecule has 19 heavy (non-hydrogen) atoms. The molecule has 0 aliphatic carbocycles. The van der Waals surface area contributed by atoms with Crippen LogP contribution in [0, 0.1) is 5.21 Å². The third-order valence-electron chi connectivity index (χ3n) is 2.93. The lowest BCUT2D eigenvalue weighted by molar-refractivity contribution is -0.666. The summed E-state index contributed by atoms with van der Waals surface area (Å²) in [6.07, 6.45) is 5.41. The molecule has 0 spiro atoms. The van der Waals surface area contributed by atoms with E-state index in [-0.39, 0.29) is 0 Å². The predicted molar refractivity (Wildman–Crippen MR) is 76.1 cm³/mol. The van der Waals surface area contributed by atoms with Gasteiger partial charge in [0.15, 0.2) is 0 Å². The van der Waals surface area contributed by atoms with Crippen LogP contribution in [0.1, 0.15) is 11.1 Å². The molecule has 0 N–H and O–H groups in total. The standard InChI is InChI=1S/C16H12N2O/c19-18-12-14(11-10-13-6-2-1-3-7-13)15-8-4-5-9-16(15)17-18/h1-12H. The maximum atomic E-state index is 11.5. The van der Waals surface area contributed by atoms with Crippen LogP contribution in [0.15, 0.2) is 60.8 Å². The zero-order valence-corrected chi connectivity index (χ0v) is 10.2. The van der Waals surface area contributed by atoms with Gasteiger partial charge < -0.3 is 5.21 Å². The monoisotopic (exact) mass is 248 g/mol. The van der Waals surface area contributed by atoms with E-state index in [1.807, 2.05) is 66.7 Å². The summed E-state index contributed by atoms with van der Waals surface area (Å²) in [6, 6.07) is 17.6. The summed E-state index contributed by atoms with van der Waals surface area (Å²) in [5, 5.41) is 16.4.